The van der Waals surface area contributed by atoms with E-state index >= 15 is 0 Å². The molecule has 0 spiro atoms. The Morgan fingerprint density at radius 1 is 0.889 bits per heavy atom. The summed E-state index contributed by atoms with van der Waals surface area (Å²) in [6, 6.07) is 25.5. The number of carbonyl (C=O) groups is 1. The van der Waals surface area contributed by atoms with Crippen LogP contribution in [-0.4, -0.2) is 17.7 Å². The predicted octanol–water partition coefficient (Wildman–Crippen LogP) is 4.31. The number of hydrogen-bond acceptors (Lipinski definition) is 3. The van der Waals surface area contributed by atoms with Crippen molar-refractivity contribution in [3.05, 3.63) is 95.6 Å². The second-order valence-corrected chi connectivity index (χ2v) is 6.25. The first-order valence-electron chi connectivity index (χ1n) is 8.99. The Kier molecular flexibility index (Phi) is 6.61. The molecule has 0 aliphatic heterocycles. The van der Waals surface area contributed by atoms with Crippen molar-refractivity contribution in [2.45, 2.75) is 19.6 Å². The van der Waals surface area contributed by atoms with Gasteiger partial charge >= 0.3 is 6.09 Å². The van der Waals surface area contributed by atoms with Gasteiger partial charge in [0.05, 0.1) is 6.61 Å². The number of aliphatic hydroxyl groups excluding tert-OH is 1. The molecule has 0 saturated heterocycles. The predicted molar refractivity (Wildman–Crippen MR) is 106 cm³/mol. The zero-order chi connectivity index (χ0) is 18.9. The van der Waals surface area contributed by atoms with Crippen LogP contribution in [0.5, 0.6) is 0 Å². The molecule has 0 bridgehead atoms. The van der Waals surface area contributed by atoms with Gasteiger partial charge in [-0.25, -0.2) is 4.79 Å². The van der Waals surface area contributed by atoms with E-state index in [1.807, 2.05) is 66.7 Å². The van der Waals surface area contributed by atoms with E-state index in [-0.39, 0.29) is 13.2 Å². The first-order chi connectivity index (χ1) is 13.3. The Bertz CT molecular complexity index is 878. The number of rotatable bonds is 7. The second kappa shape index (κ2) is 9.55. The normalized spacial score (nSPS) is 10.4. The SMILES string of the molecule is O=C(NCCc1ccccc1-c1cccc(CO)c1)OCc1ccccc1. The van der Waals surface area contributed by atoms with Crippen LogP contribution >= 0.6 is 0 Å². The minimum Gasteiger partial charge on any atom is -0.445 e. The Balaban J connectivity index is 1.56. The van der Waals surface area contributed by atoms with Gasteiger partial charge in [0.2, 0.25) is 0 Å². The summed E-state index contributed by atoms with van der Waals surface area (Å²) < 4.78 is 5.23. The molecule has 2 N–H and O–H groups in total. The van der Waals surface area contributed by atoms with E-state index in [1.54, 1.807) is 0 Å². The first-order valence-corrected chi connectivity index (χ1v) is 8.99. The van der Waals surface area contributed by atoms with Crippen LogP contribution in [0.4, 0.5) is 4.79 Å². The number of ether oxygens (including phenoxy) is 1. The van der Waals surface area contributed by atoms with E-state index in [0.717, 1.165) is 27.8 Å². The molecular weight excluding hydrogens is 338 g/mol. The molecule has 4 nitrogen and oxygen atoms in total. The van der Waals surface area contributed by atoms with Crippen LogP contribution in [0.1, 0.15) is 16.7 Å². The molecule has 4 heteroatoms. The molecule has 0 heterocycles. The minimum absolute atomic E-state index is 0.0187. The Morgan fingerprint density at radius 2 is 1.63 bits per heavy atom. The van der Waals surface area contributed by atoms with Crippen molar-refractivity contribution in [1.29, 1.82) is 0 Å². The Labute approximate surface area is 159 Å². The molecule has 0 aliphatic rings. The van der Waals surface area contributed by atoms with Crippen molar-refractivity contribution in [2.75, 3.05) is 6.54 Å². The Morgan fingerprint density at radius 3 is 2.44 bits per heavy atom. The average Bonchev–Trinajstić information content (AvgIpc) is 2.73. The third-order valence-corrected chi connectivity index (χ3v) is 4.31. The number of benzene rings is 3. The van der Waals surface area contributed by atoms with E-state index in [4.69, 9.17) is 4.74 Å². The van der Waals surface area contributed by atoms with Crippen LogP contribution in [0.2, 0.25) is 0 Å². The van der Waals surface area contributed by atoms with Gasteiger partial charge in [0, 0.05) is 6.54 Å². The van der Waals surface area contributed by atoms with Crippen LogP contribution in [0.3, 0.4) is 0 Å². The van der Waals surface area contributed by atoms with Gasteiger partial charge in [0.25, 0.3) is 0 Å². The molecule has 3 rings (SSSR count). The minimum atomic E-state index is -0.418. The molecule has 138 valence electrons. The van der Waals surface area contributed by atoms with Gasteiger partial charge in [-0.3, -0.25) is 0 Å². The lowest BCUT2D eigenvalue weighted by atomic mass is 9.96. The molecule has 1 amide bonds. The molecule has 27 heavy (non-hydrogen) atoms. The van der Waals surface area contributed by atoms with Gasteiger partial charge in [-0.2, -0.15) is 0 Å². The van der Waals surface area contributed by atoms with E-state index in [9.17, 15) is 9.90 Å². The van der Waals surface area contributed by atoms with Crippen molar-refractivity contribution in [1.82, 2.24) is 5.32 Å². The van der Waals surface area contributed by atoms with Gasteiger partial charge in [0.1, 0.15) is 6.61 Å². The number of alkyl carbamates (subject to hydrolysis) is 1. The van der Waals surface area contributed by atoms with Crippen LogP contribution < -0.4 is 5.32 Å². The fraction of sp³-hybridized carbons (Fsp3) is 0.174. The van der Waals surface area contributed by atoms with Crippen molar-refractivity contribution < 1.29 is 14.6 Å². The summed E-state index contributed by atoms with van der Waals surface area (Å²) in [7, 11) is 0. The first kappa shape index (κ1) is 18.7. The third-order valence-electron chi connectivity index (χ3n) is 4.31. The fourth-order valence-corrected chi connectivity index (χ4v) is 2.93. The highest BCUT2D eigenvalue weighted by atomic mass is 16.5. The molecule has 0 atom stereocenters. The lowest BCUT2D eigenvalue weighted by molar-refractivity contribution is 0.140. The largest absolute Gasteiger partial charge is 0.445 e. The lowest BCUT2D eigenvalue weighted by Crippen LogP contribution is -2.26. The van der Waals surface area contributed by atoms with Crippen LogP contribution in [0.25, 0.3) is 11.1 Å². The summed E-state index contributed by atoms with van der Waals surface area (Å²) in [5, 5.41) is 12.2. The summed E-state index contributed by atoms with van der Waals surface area (Å²) in [6.07, 6.45) is 0.276. The smallest absolute Gasteiger partial charge is 0.407 e. The van der Waals surface area contributed by atoms with E-state index in [0.29, 0.717) is 13.0 Å². The molecule has 0 fully saturated rings. The molecule has 0 aromatic heterocycles. The lowest BCUT2D eigenvalue weighted by Gasteiger charge is -2.12. The summed E-state index contributed by atoms with van der Waals surface area (Å²) >= 11 is 0. The van der Waals surface area contributed by atoms with E-state index in [2.05, 4.69) is 17.4 Å². The number of amides is 1. The van der Waals surface area contributed by atoms with Crippen LogP contribution in [0.15, 0.2) is 78.9 Å². The highest BCUT2D eigenvalue weighted by molar-refractivity contribution is 5.69. The van der Waals surface area contributed by atoms with E-state index in [1.165, 1.54) is 0 Å². The molecule has 0 unspecified atom stereocenters. The fourth-order valence-electron chi connectivity index (χ4n) is 2.93. The highest BCUT2D eigenvalue weighted by Gasteiger charge is 2.07. The molecule has 0 radical (unpaired) electrons. The number of aliphatic hydroxyl groups is 1. The standard InChI is InChI=1S/C23H23NO3/c25-16-19-9-6-11-21(15-19)22-12-5-4-10-20(22)13-14-24-23(26)27-17-18-7-2-1-3-8-18/h1-12,15,25H,13-14,16-17H2,(H,24,26). The Hall–Kier alpha value is -3.11. The molecule has 0 saturated carbocycles. The quantitative estimate of drug-likeness (QED) is 0.659. The number of nitrogens with one attached hydrogen (secondary N) is 1. The van der Waals surface area contributed by atoms with Crippen molar-refractivity contribution >= 4 is 6.09 Å². The molecule has 3 aromatic carbocycles. The summed E-state index contributed by atoms with van der Waals surface area (Å²) in [5.41, 5.74) is 5.14. The molecule has 3 aromatic rings. The summed E-state index contributed by atoms with van der Waals surface area (Å²) in [5.74, 6) is 0. The van der Waals surface area contributed by atoms with Gasteiger partial charge in [0.15, 0.2) is 0 Å². The summed E-state index contributed by atoms with van der Waals surface area (Å²) in [6.45, 7) is 0.770. The second-order valence-electron chi connectivity index (χ2n) is 6.25. The zero-order valence-electron chi connectivity index (χ0n) is 15.1. The third kappa shape index (κ3) is 5.43. The maximum absolute atomic E-state index is 11.9. The van der Waals surface area contributed by atoms with Crippen LogP contribution in [-0.2, 0) is 24.4 Å². The molecular formula is C23H23NO3. The van der Waals surface area contributed by atoms with Crippen LogP contribution in [0, 0.1) is 0 Å². The average molecular weight is 361 g/mol. The number of hydrogen-bond donors (Lipinski definition) is 2. The van der Waals surface area contributed by atoms with Gasteiger partial charge in [-0.1, -0.05) is 72.8 Å². The van der Waals surface area contributed by atoms with Gasteiger partial charge in [-0.15, -0.1) is 0 Å². The van der Waals surface area contributed by atoms with Gasteiger partial charge < -0.3 is 15.2 Å². The van der Waals surface area contributed by atoms with Crippen molar-refractivity contribution in [3.63, 3.8) is 0 Å². The maximum atomic E-state index is 11.9. The highest BCUT2D eigenvalue weighted by Crippen LogP contribution is 2.25. The number of carbonyl (C=O) groups excluding carboxylic acids is 1. The van der Waals surface area contributed by atoms with Crippen molar-refractivity contribution in [2.24, 2.45) is 0 Å². The maximum Gasteiger partial charge on any atom is 0.407 e. The van der Waals surface area contributed by atoms with E-state index < -0.39 is 6.09 Å². The molecule has 0 aliphatic carbocycles. The zero-order valence-corrected chi connectivity index (χ0v) is 15.1. The summed E-state index contributed by atoms with van der Waals surface area (Å²) in [4.78, 5) is 11.9. The van der Waals surface area contributed by atoms with Gasteiger partial charge in [-0.05, 0) is 40.3 Å². The monoisotopic (exact) mass is 361 g/mol. The topological polar surface area (TPSA) is 58.6 Å². The van der Waals surface area contributed by atoms with Crippen molar-refractivity contribution in [3.8, 4) is 11.1 Å².